The summed E-state index contributed by atoms with van der Waals surface area (Å²) in [6.45, 7) is 14.8. The Bertz CT molecular complexity index is 3100. The maximum Gasteiger partial charge on any atom is 0.407 e. The Balaban J connectivity index is 1.47. The van der Waals surface area contributed by atoms with Crippen LogP contribution in [0.1, 0.15) is 63.8 Å². The Labute approximate surface area is 435 Å². The zero-order valence-electron chi connectivity index (χ0n) is 43.9. The average molecular weight is 1070 g/mol. The minimum Gasteiger partial charge on any atom is -0.497 e. The number of aromatic nitrogens is 5. The van der Waals surface area contributed by atoms with Crippen LogP contribution >= 0.6 is 0 Å². The summed E-state index contributed by atoms with van der Waals surface area (Å²) < 4.78 is 90.6. The van der Waals surface area contributed by atoms with Crippen molar-refractivity contribution in [3.05, 3.63) is 126 Å². The number of hydrogen-bond donors (Lipinski definition) is 2. The molecule has 6 aromatic rings. The largest absolute Gasteiger partial charge is 0.497 e. The van der Waals surface area contributed by atoms with Gasteiger partial charge in [-0.1, -0.05) is 63.2 Å². The summed E-state index contributed by atoms with van der Waals surface area (Å²) in [5, 5.41) is 23.7. The molecule has 2 aromatic heterocycles. The number of nitrogens with one attached hydrogen (secondary N) is 1. The number of ether oxygens (including phenoxy) is 3. The third-order valence-corrected chi connectivity index (χ3v) is 21.4. The van der Waals surface area contributed by atoms with Gasteiger partial charge in [0.15, 0.2) is 8.32 Å². The minimum atomic E-state index is -4.98. The van der Waals surface area contributed by atoms with E-state index < -0.39 is 62.4 Å². The number of sulfonamides is 2. The van der Waals surface area contributed by atoms with Gasteiger partial charge in [0, 0.05) is 37.9 Å². The lowest BCUT2D eigenvalue weighted by Crippen LogP contribution is -2.55. The quantitative estimate of drug-likeness (QED) is 0.0647. The highest BCUT2D eigenvalue weighted by molar-refractivity contribution is 7.92. The molecule has 74 heavy (non-hydrogen) atoms. The van der Waals surface area contributed by atoms with Crippen LogP contribution in [0.3, 0.4) is 0 Å². The number of nitrogens with zero attached hydrogens (tertiary/aromatic N) is 8. The molecular weight excluding hydrogens is 1000 g/mol. The summed E-state index contributed by atoms with van der Waals surface area (Å²) in [7, 11) is -7.93. The number of benzene rings is 4. The van der Waals surface area contributed by atoms with Gasteiger partial charge in [-0.2, -0.15) is 9.10 Å². The van der Waals surface area contributed by atoms with Gasteiger partial charge in [-0.05, 0) is 127 Å². The maximum absolute atomic E-state index is 16.4. The Kier molecular flexibility index (Phi) is 16.6. The van der Waals surface area contributed by atoms with Crippen LogP contribution in [0.25, 0.3) is 11.4 Å². The van der Waals surface area contributed by atoms with Crippen LogP contribution in [0.15, 0.2) is 113 Å². The number of pyridine rings is 1. The van der Waals surface area contributed by atoms with E-state index in [-0.39, 0.29) is 48.3 Å². The lowest BCUT2D eigenvalue weighted by molar-refractivity contribution is 0.0615. The van der Waals surface area contributed by atoms with Crippen molar-refractivity contribution in [1.82, 2.24) is 39.1 Å². The van der Waals surface area contributed by atoms with E-state index in [0.29, 0.717) is 47.2 Å². The number of amides is 1. The van der Waals surface area contributed by atoms with Gasteiger partial charge in [-0.15, -0.1) is 10.2 Å². The minimum absolute atomic E-state index is 0.124. The average Bonchev–Trinajstić information content (AvgIpc) is 4.01. The molecule has 1 aliphatic heterocycles. The number of rotatable bonds is 21. The molecule has 2 N–H and O–H groups in total. The van der Waals surface area contributed by atoms with E-state index in [1.165, 1.54) is 34.3 Å². The molecule has 0 spiro atoms. The van der Waals surface area contributed by atoms with Gasteiger partial charge >= 0.3 is 6.09 Å². The first kappa shape index (κ1) is 55.3. The van der Waals surface area contributed by atoms with E-state index in [0.717, 1.165) is 11.1 Å². The van der Waals surface area contributed by atoms with Crippen LogP contribution in [0.4, 0.5) is 16.3 Å². The highest BCUT2D eigenvalue weighted by atomic mass is 32.2. The first-order chi connectivity index (χ1) is 34.8. The Morgan fingerprint density at radius 2 is 1.35 bits per heavy atom. The van der Waals surface area contributed by atoms with Crippen molar-refractivity contribution in [1.29, 1.82) is 0 Å². The number of carboxylic acid groups (broad SMARTS) is 1. The molecule has 22 heteroatoms. The zero-order chi connectivity index (χ0) is 53.8. The zero-order valence-corrected chi connectivity index (χ0v) is 46.5. The molecule has 0 bridgehead atoms. The summed E-state index contributed by atoms with van der Waals surface area (Å²) >= 11 is 0. The predicted octanol–water partition coefficient (Wildman–Crippen LogP) is 8.34. The Morgan fingerprint density at radius 3 is 1.86 bits per heavy atom. The smallest absolute Gasteiger partial charge is 0.407 e. The van der Waals surface area contributed by atoms with Gasteiger partial charge in [0.25, 0.3) is 0 Å². The van der Waals surface area contributed by atoms with E-state index in [2.05, 4.69) is 15.0 Å². The van der Waals surface area contributed by atoms with E-state index in [1.54, 1.807) is 101 Å². The highest BCUT2D eigenvalue weighted by Gasteiger charge is 2.43. The van der Waals surface area contributed by atoms with Crippen LogP contribution in [-0.4, -0.2) is 123 Å². The Morgan fingerprint density at radius 1 is 0.797 bits per heavy atom. The summed E-state index contributed by atoms with van der Waals surface area (Å²) in [4.78, 5) is 20.6. The second-order valence-electron chi connectivity index (χ2n) is 20.6. The van der Waals surface area contributed by atoms with Crippen molar-refractivity contribution in [2.75, 3.05) is 45.9 Å². The summed E-state index contributed by atoms with van der Waals surface area (Å²) in [5.41, 5.74) is 2.11. The molecular formula is C52H67N9O10S2Si. The van der Waals surface area contributed by atoms with E-state index in [1.807, 2.05) is 63.0 Å². The number of hydrogen-bond acceptors (Lipinski definition) is 14. The SMILES string of the molecule is COc1ccc(CN(Cc2ccc(OC)cc2)S(=O)(=O)c2c(S(=O)(=O)NC[C@@H](CN(C(=O)O)C(C)(C)C)O[Si](C)(C)C(C)(C)C)ccc(N3CCc4cccnc43)c2-c2nnn(Cc3ccc(OC)cc3)n2)cc1. The fourth-order valence-corrected chi connectivity index (χ4v) is 13.1. The molecule has 4 aromatic carbocycles. The van der Waals surface area contributed by atoms with Crippen molar-refractivity contribution in [3.8, 4) is 28.6 Å². The molecule has 0 radical (unpaired) electrons. The fourth-order valence-electron chi connectivity index (χ4n) is 8.29. The number of anilines is 2. The molecule has 0 aliphatic carbocycles. The lowest BCUT2D eigenvalue weighted by Gasteiger charge is -2.42. The van der Waals surface area contributed by atoms with Crippen LogP contribution in [0.5, 0.6) is 17.2 Å². The van der Waals surface area contributed by atoms with Gasteiger partial charge in [0.2, 0.25) is 25.9 Å². The van der Waals surface area contributed by atoms with Crippen molar-refractivity contribution in [2.45, 2.75) is 107 Å². The fraction of sp³-hybridized carbons (Fsp3) is 0.404. The standard InChI is InChI=1S/C52H67N9O10S2Si/c1-51(2,3)60(50(62)63)35-43(71-74(10,11)52(4,5)6)31-54-72(64,65)45-27-26-44(59-30-28-39-13-12-29-53-49(39)59)46(48-55-57-61(56-48)34-38-18-24-42(70-9)25-19-38)47(45)73(66,67)58(32-36-14-20-40(68-7)21-15-36)33-37-16-22-41(69-8)23-17-37/h12-27,29,43,54H,28,30-35H2,1-11H3,(H,62,63)/t43-/m0/s1. The van der Waals surface area contributed by atoms with E-state index >= 15 is 16.8 Å². The molecule has 0 saturated heterocycles. The number of fused-ring (bicyclic) bond motifs is 1. The monoisotopic (exact) mass is 1070 g/mol. The predicted molar refractivity (Wildman–Crippen MR) is 284 cm³/mol. The Hall–Kier alpha value is -6.43. The van der Waals surface area contributed by atoms with E-state index in [4.69, 9.17) is 28.7 Å². The van der Waals surface area contributed by atoms with Gasteiger partial charge in [0.1, 0.15) is 32.9 Å². The topological polar surface area (TPSA) is 221 Å². The van der Waals surface area contributed by atoms with E-state index in [9.17, 15) is 9.90 Å². The second kappa shape index (κ2) is 22.2. The van der Waals surface area contributed by atoms with Crippen molar-refractivity contribution in [3.63, 3.8) is 0 Å². The first-order valence-corrected chi connectivity index (χ1v) is 29.9. The summed E-state index contributed by atoms with van der Waals surface area (Å²) in [6.07, 6.45) is -0.00705. The molecule has 0 fully saturated rings. The van der Waals surface area contributed by atoms with Crippen molar-refractivity contribution in [2.24, 2.45) is 0 Å². The van der Waals surface area contributed by atoms with Gasteiger partial charge in [-0.25, -0.2) is 31.3 Å². The molecule has 0 saturated carbocycles. The molecule has 396 valence electrons. The van der Waals surface area contributed by atoms with Gasteiger partial charge in [0.05, 0.1) is 51.8 Å². The molecule has 3 heterocycles. The van der Waals surface area contributed by atoms with Crippen molar-refractivity contribution >= 4 is 46.0 Å². The maximum atomic E-state index is 16.4. The van der Waals surface area contributed by atoms with Crippen molar-refractivity contribution < 1.29 is 45.4 Å². The third kappa shape index (κ3) is 12.6. The molecule has 7 rings (SSSR count). The molecule has 1 amide bonds. The van der Waals surface area contributed by atoms with Crippen LogP contribution in [-0.2, 0) is 50.5 Å². The van der Waals surface area contributed by atoms with Crippen LogP contribution in [0, 0.1) is 0 Å². The number of tetrazole rings is 1. The third-order valence-electron chi connectivity index (χ3n) is 13.4. The van der Waals surface area contributed by atoms with Gasteiger partial charge < -0.3 is 33.5 Å². The normalized spacial score (nSPS) is 13.7. The van der Waals surface area contributed by atoms with Crippen LogP contribution < -0.4 is 23.8 Å². The first-order valence-electron chi connectivity index (χ1n) is 24.1. The highest BCUT2D eigenvalue weighted by Crippen LogP contribution is 2.45. The molecule has 1 aliphatic rings. The van der Waals surface area contributed by atoms with Crippen LogP contribution in [0.2, 0.25) is 18.1 Å². The molecule has 19 nitrogen and oxygen atoms in total. The molecule has 1 atom stereocenters. The number of carbonyl (C=O) groups is 1. The lowest BCUT2D eigenvalue weighted by atomic mass is 10.1. The molecule has 0 unspecified atom stereocenters. The second-order valence-corrected chi connectivity index (χ2v) is 28.9. The summed E-state index contributed by atoms with van der Waals surface area (Å²) in [5.74, 6) is 2.15. The number of methoxy groups -OCH3 is 3. The van der Waals surface area contributed by atoms with Gasteiger partial charge in [-0.3, -0.25) is 0 Å². The summed E-state index contributed by atoms with van der Waals surface area (Å²) in [6, 6.07) is 27.7.